The minimum absolute atomic E-state index is 0.121. The van der Waals surface area contributed by atoms with Gasteiger partial charge in [0.2, 0.25) is 10.0 Å². The number of aryl methyl sites for hydroxylation is 1. The van der Waals surface area contributed by atoms with Crippen molar-refractivity contribution in [1.29, 1.82) is 0 Å². The first kappa shape index (κ1) is 22.8. The highest BCUT2D eigenvalue weighted by Gasteiger charge is 2.32. The molecule has 2 N–H and O–H groups in total. The molecule has 0 amide bonds. The summed E-state index contributed by atoms with van der Waals surface area (Å²) >= 11 is 0. The SMILES string of the molecule is Cn1ccc(C(ON)=C2CCN(S(=O)(=O)c3ccc(OC(F)(F)F)cc3)CC2)cc1=O. The summed E-state index contributed by atoms with van der Waals surface area (Å²) in [5.41, 5.74) is 1.01. The molecule has 1 saturated heterocycles. The van der Waals surface area contributed by atoms with Crippen LogP contribution in [0.2, 0.25) is 0 Å². The number of nitrogens with zero attached hydrogens (tertiary/aromatic N) is 2. The van der Waals surface area contributed by atoms with Crippen molar-refractivity contribution in [3.63, 3.8) is 0 Å². The third-order valence-corrected chi connectivity index (χ3v) is 6.74. The first-order chi connectivity index (χ1) is 14.5. The molecular formula is C19H20F3N3O5S. The van der Waals surface area contributed by atoms with Crippen LogP contribution in [0.4, 0.5) is 13.2 Å². The smallest absolute Gasteiger partial charge is 0.411 e. The Morgan fingerprint density at radius 2 is 1.71 bits per heavy atom. The maximum absolute atomic E-state index is 12.8. The molecule has 0 aliphatic carbocycles. The lowest BCUT2D eigenvalue weighted by molar-refractivity contribution is -0.274. The van der Waals surface area contributed by atoms with Crippen molar-refractivity contribution < 1.29 is 31.2 Å². The summed E-state index contributed by atoms with van der Waals surface area (Å²) in [4.78, 5) is 16.7. The Labute approximate surface area is 176 Å². The van der Waals surface area contributed by atoms with E-state index < -0.39 is 22.1 Å². The Morgan fingerprint density at radius 1 is 1.10 bits per heavy atom. The molecule has 1 aliphatic heterocycles. The highest BCUT2D eigenvalue weighted by molar-refractivity contribution is 7.89. The summed E-state index contributed by atoms with van der Waals surface area (Å²) in [6.45, 7) is 0.242. The summed E-state index contributed by atoms with van der Waals surface area (Å²) in [6, 6.07) is 7.08. The summed E-state index contributed by atoms with van der Waals surface area (Å²) < 4.78 is 68.9. The van der Waals surface area contributed by atoms with E-state index in [1.54, 1.807) is 19.3 Å². The van der Waals surface area contributed by atoms with E-state index in [0.717, 1.165) is 29.8 Å². The van der Waals surface area contributed by atoms with Crippen LogP contribution in [0.3, 0.4) is 0 Å². The molecule has 1 aromatic carbocycles. The number of halogens is 3. The van der Waals surface area contributed by atoms with Gasteiger partial charge in [0.05, 0.1) is 4.90 Å². The Balaban J connectivity index is 1.76. The zero-order valence-corrected chi connectivity index (χ0v) is 17.2. The average molecular weight is 459 g/mol. The molecule has 0 radical (unpaired) electrons. The van der Waals surface area contributed by atoms with Crippen LogP contribution < -0.4 is 16.2 Å². The van der Waals surface area contributed by atoms with Crippen LogP contribution in [-0.2, 0) is 21.9 Å². The van der Waals surface area contributed by atoms with E-state index in [-0.39, 0.29) is 23.5 Å². The average Bonchev–Trinajstić information content (AvgIpc) is 2.71. The Kier molecular flexibility index (Phi) is 6.43. The second-order valence-corrected chi connectivity index (χ2v) is 8.78. The van der Waals surface area contributed by atoms with E-state index in [2.05, 4.69) is 4.74 Å². The lowest BCUT2D eigenvalue weighted by atomic mass is 10.0. The van der Waals surface area contributed by atoms with Gasteiger partial charge in [0.25, 0.3) is 5.56 Å². The second kappa shape index (κ2) is 8.73. The van der Waals surface area contributed by atoms with Crippen molar-refractivity contribution >= 4 is 15.8 Å². The largest absolute Gasteiger partial charge is 0.573 e. The number of rotatable bonds is 5. The fraction of sp³-hybridized carbons (Fsp3) is 0.316. The summed E-state index contributed by atoms with van der Waals surface area (Å²) in [7, 11) is -2.30. The second-order valence-electron chi connectivity index (χ2n) is 6.84. The van der Waals surface area contributed by atoms with Gasteiger partial charge in [-0.2, -0.15) is 10.2 Å². The van der Waals surface area contributed by atoms with Crippen molar-refractivity contribution in [3.8, 4) is 5.75 Å². The van der Waals surface area contributed by atoms with Gasteiger partial charge in [-0.3, -0.25) is 4.79 Å². The predicted molar refractivity (Wildman–Crippen MR) is 105 cm³/mol. The van der Waals surface area contributed by atoms with Crippen LogP contribution in [0.5, 0.6) is 5.75 Å². The van der Waals surface area contributed by atoms with Crippen molar-refractivity contribution in [1.82, 2.24) is 8.87 Å². The first-order valence-corrected chi connectivity index (χ1v) is 10.6. The number of hydrogen-bond acceptors (Lipinski definition) is 6. The monoisotopic (exact) mass is 459 g/mol. The molecule has 168 valence electrons. The third kappa shape index (κ3) is 5.27. The van der Waals surface area contributed by atoms with Crippen LogP contribution in [-0.4, -0.2) is 36.7 Å². The van der Waals surface area contributed by atoms with Crippen LogP contribution in [0, 0.1) is 0 Å². The standard InChI is InChI=1S/C19H20F3N3O5S/c1-24-9-6-14(12-17(24)26)18(30-23)13-7-10-25(11-8-13)31(27,28)16-4-2-15(3-5-16)29-19(20,21)22/h2-6,9,12H,7-8,10-11,23H2,1H3. The van der Waals surface area contributed by atoms with E-state index in [1.165, 1.54) is 14.9 Å². The molecule has 1 aliphatic rings. The van der Waals surface area contributed by atoms with Crippen LogP contribution >= 0.6 is 0 Å². The van der Waals surface area contributed by atoms with E-state index >= 15 is 0 Å². The highest BCUT2D eigenvalue weighted by Crippen LogP contribution is 2.30. The maximum Gasteiger partial charge on any atom is 0.573 e. The van der Waals surface area contributed by atoms with E-state index in [9.17, 15) is 26.4 Å². The van der Waals surface area contributed by atoms with Gasteiger partial charge < -0.3 is 14.1 Å². The molecule has 0 unspecified atom stereocenters. The molecule has 12 heteroatoms. The first-order valence-electron chi connectivity index (χ1n) is 9.13. The summed E-state index contributed by atoms with van der Waals surface area (Å²) in [6.07, 6.45) is -2.66. The number of sulfonamides is 1. The molecule has 1 aromatic heterocycles. The summed E-state index contributed by atoms with van der Waals surface area (Å²) in [5.74, 6) is 5.22. The topological polar surface area (TPSA) is 104 Å². The predicted octanol–water partition coefficient (Wildman–Crippen LogP) is 2.37. The van der Waals surface area contributed by atoms with Gasteiger partial charge in [0.1, 0.15) is 5.75 Å². The van der Waals surface area contributed by atoms with Crippen molar-refractivity contribution in [2.24, 2.45) is 12.9 Å². The Bertz CT molecular complexity index is 1130. The maximum atomic E-state index is 12.8. The fourth-order valence-corrected chi connectivity index (χ4v) is 4.67. The van der Waals surface area contributed by atoms with Crippen molar-refractivity contribution in [2.45, 2.75) is 24.1 Å². The minimum Gasteiger partial charge on any atom is -0.411 e. The molecular weight excluding hydrogens is 439 g/mol. The molecule has 2 heterocycles. The van der Waals surface area contributed by atoms with Gasteiger partial charge in [-0.1, -0.05) is 0 Å². The van der Waals surface area contributed by atoms with E-state index in [1.807, 2.05) is 0 Å². The number of pyridine rings is 1. The number of benzene rings is 1. The molecule has 0 atom stereocenters. The van der Waals surface area contributed by atoms with Gasteiger partial charge >= 0.3 is 6.36 Å². The van der Waals surface area contributed by atoms with Crippen molar-refractivity contribution in [3.05, 3.63) is 64.1 Å². The Hall–Kier alpha value is -2.83. The molecule has 31 heavy (non-hydrogen) atoms. The highest BCUT2D eigenvalue weighted by atomic mass is 32.2. The lowest BCUT2D eigenvalue weighted by Crippen LogP contribution is -2.36. The summed E-state index contributed by atoms with van der Waals surface area (Å²) in [5, 5.41) is 0. The number of piperidine rings is 1. The van der Waals surface area contributed by atoms with Gasteiger partial charge in [-0.05, 0) is 48.7 Å². The fourth-order valence-electron chi connectivity index (χ4n) is 3.23. The van der Waals surface area contributed by atoms with Gasteiger partial charge in [0.15, 0.2) is 5.76 Å². The normalized spacial score (nSPS) is 15.6. The van der Waals surface area contributed by atoms with Gasteiger partial charge in [-0.25, -0.2) is 8.42 Å². The van der Waals surface area contributed by atoms with Gasteiger partial charge in [-0.15, -0.1) is 13.2 Å². The number of aromatic nitrogens is 1. The van der Waals surface area contributed by atoms with Crippen LogP contribution in [0.1, 0.15) is 18.4 Å². The third-order valence-electron chi connectivity index (χ3n) is 4.83. The molecule has 0 spiro atoms. The quantitative estimate of drug-likeness (QED) is 0.544. The molecule has 0 bridgehead atoms. The van der Waals surface area contributed by atoms with E-state index in [4.69, 9.17) is 10.7 Å². The number of ether oxygens (including phenoxy) is 1. The van der Waals surface area contributed by atoms with Gasteiger partial charge in [0, 0.05) is 38.0 Å². The van der Waals surface area contributed by atoms with Crippen LogP contribution in [0.25, 0.3) is 5.76 Å². The Morgan fingerprint density at radius 3 is 2.23 bits per heavy atom. The zero-order chi connectivity index (χ0) is 22.8. The molecule has 0 saturated carbocycles. The van der Waals surface area contributed by atoms with Crippen LogP contribution in [0.15, 0.2) is 57.9 Å². The lowest BCUT2D eigenvalue weighted by Gasteiger charge is -2.28. The minimum atomic E-state index is -4.86. The molecule has 3 rings (SSSR count). The van der Waals surface area contributed by atoms with E-state index in [0.29, 0.717) is 24.2 Å². The molecule has 2 aromatic rings. The number of hydrogen-bond donors (Lipinski definition) is 1. The number of alkyl halides is 3. The van der Waals surface area contributed by atoms with Crippen molar-refractivity contribution in [2.75, 3.05) is 13.1 Å². The molecule has 8 nitrogen and oxygen atoms in total. The molecule has 1 fully saturated rings. The number of nitrogens with two attached hydrogens (primary N) is 1. The zero-order valence-electron chi connectivity index (χ0n) is 16.4.